The lowest BCUT2D eigenvalue weighted by Gasteiger charge is -2.12. The van der Waals surface area contributed by atoms with E-state index in [1.54, 1.807) is 6.07 Å². The maximum atomic E-state index is 13.6. The van der Waals surface area contributed by atoms with Crippen LogP contribution in [-0.2, 0) is 5.41 Å². The molecule has 1 aliphatic rings. The molecule has 0 atom stereocenters. The molecule has 15 heavy (non-hydrogen) atoms. The molecule has 0 saturated heterocycles. The molecule has 1 heteroatoms. The summed E-state index contributed by atoms with van der Waals surface area (Å²) in [5, 5.41) is 1.83. The predicted molar refractivity (Wildman–Crippen MR) is 60.5 cm³/mol. The largest absolute Gasteiger partial charge is 0.206 e. The molecule has 0 N–H and O–H groups in total. The fourth-order valence-corrected chi connectivity index (χ4v) is 2.25. The Morgan fingerprint density at radius 3 is 2.33 bits per heavy atom. The fourth-order valence-electron chi connectivity index (χ4n) is 2.25. The van der Waals surface area contributed by atoms with Crippen LogP contribution in [0.4, 0.5) is 4.39 Å². The minimum atomic E-state index is -0.112. The van der Waals surface area contributed by atoms with Crippen molar-refractivity contribution in [2.24, 2.45) is 0 Å². The first-order valence-corrected chi connectivity index (χ1v) is 5.38. The van der Waals surface area contributed by atoms with E-state index in [2.05, 4.69) is 6.92 Å². The molecule has 1 fully saturated rings. The second-order valence-electron chi connectivity index (χ2n) is 4.70. The second kappa shape index (κ2) is 2.82. The van der Waals surface area contributed by atoms with Crippen LogP contribution in [0.2, 0.25) is 0 Å². The van der Waals surface area contributed by atoms with Gasteiger partial charge in [0.2, 0.25) is 0 Å². The van der Waals surface area contributed by atoms with Gasteiger partial charge in [-0.3, -0.25) is 0 Å². The van der Waals surface area contributed by atoms with Crippen LogP contribution < -0.4 is 0 Å². The van der Waals surface area contributed by atoms with Gasteiger partial charge in [-0.15, -0.1) is 0 Å². The molecule has 2 aromatic rings. The van der Waals surface area contributed by atoms with E-state index < -0.39 is 0 Å². The van der Waals surface area contributed by atoms with E-state index >= 15 is 0 Å². The van der Waals surface area contributed by atoms with E-state index in [-0.39, 0.29) is 5.82 Å². The van der Waals surface area contributed by atoms with Gasteiger partial charge in [0.25, 0.3) is 0 Å². The Morgan fingerprint density at radius 1 is 1.00 bits per heavy atom. The van der Waals surface area contributed by atoms with Gasteiger partial charge in [-0.25, -0.2) is 4.39 Å². The van der Waals surface area contributed by atoms with Crippen molar-refractivity contribution in [1.82, 2.24) is 0 Å². The smallest absolute Gasteiger partial charge is 0.131 e. The Hall–Kier alpha value is -1.37. The molecule has 0 radical (unpaired) electrons. The number of halogens is 1. The number of hydrogen-bond donors (Lipinski definition) is 0. The van der Waals surface area contributed by atoms with E-state index in [1.807, 2.05) is 30.3 Å². The number of hydrogen-bond acceptors (Lipinski definition) is 0. The summed E-state index contributed by atoms with van der Waals surface area (Å²) >= 11 is 0. The van der Waals surface area contributed by atoms with E-state index in [4.69, 9.17) is 0 Å². The molecule has 1 aliphatic carbocycles. The minimum Gasteiger partial charge on any atom is -0.206 e. The molecule has 3 rings (SSSR count). The molecule has 0 bridgehead atoms. The van der Waals surface area contributed by atoms with Crippen molar-refractivity contribution < 1.29 is 4.39 Å². The monoisotopic (exact) mass is 200 g/mol. The van der Waals surface area contributed by atoms with Crippen molar-refractivity contribution >= 4 is 10.8 Å². The van der Waals surface area contributed by atoms with Crippen LogP contribution in [0, 0.1) is 5.82 Å². The van der Waals surface area contributed by atoms with Gasteiger partial charge in [-0.05, 0) is 35.3 Å². The number of benzene rings is 2. The average molecular weight is 200 g/mol. The summed E-state index contributed by atoms with van der Waals surface area (Å²) in [5.74, 6) is -0.112. The van der Waals surface area contributed by atoms with Crippen LogP contribution in [0.25, 0.3) is 10.8 Å². The van der Waals surface area contributed by atoms with Crippen LogP contribution in [0.3, 0.4) is 0 Å². The van der Waals surface area contributed by atoms with Gasteiger partial charge in [-0.1, -0.05) is 37.3 Å². The topological polar surface area (TPSA) is 0 Å². The lowest BCUT2D eigenvalue weighted by Crippen LogP contribution is -2.01. The molecule has 0 unspecified atom stereocenters. The van der Waals surface area contributed by atoms with Gasteiger partial charge in [0, 0.05) is 5.39 Å². The van der Waals surface area contributed by atoms with Crippen molar-refractivity contribution in [3.8, 4) is 0 Å². The SMILES string of the molecule is CC1(c2ccc(F)c3ccccc23)CC1. The Balaban J connectivity index is 2.36. The highest BCUT2D eigenvalue weighted by atomic mass is 19.1. The van der Waals surface area contributed by atoms with Gasteiger partial charge in [0.05, 0.1) is 0 Å². The van der Waals surface area contributed by atoms with Crippen molar-refractivity contribution in [2.75, 3.05) is 0 Å². The Labute approximate surface area is 88.7 Å². The number of fused-ring (bicyclic) bond motifs is 1. The molecule has 0 aliphatic heterocycles. The van der Waals surface area contributed by atoms with E-state index in [0.717, 1.165) is 10.8 Å². The summed E-state index contributed by atoms with van der Waals surface area (Å²) in [6.45, 7) is 2.26. The molecule has 0 amide bonds. The van der Waals surface area contributed by atoms with Crippen LogP contribution in [0.1, 0.15) is 25.3 Å². The maximum absolute atomic E-state index is 13.6. The summed E-state index contributed by atoms with van der Waals surface area (Å²) < 4.78 is 13.6. The molecule has 0 spiro atoms. The molecule has 2 aromatic carbocycles. The summed E-state index contributed by atoms with van der Waals surface area (Å²) in [4.78, 5) is 0. The lowest BCUT2D eigenvalue weighted by molar-refractivity contribution is 0.638. The highest BCUT2D eigenvalue weighted by Gasteiger charge is 2.40. The van der Waals surface area contributed by atoms with Crippen molar-refractivity contribution in [3.05, 3.63) is 47.8 Å². The summed E-state index contributed by atoms with van der Waals surface area (Å²) in [7, 11) is 0. The van der Waals surface area contributed by atoms with Crippen molar-refractivity contribution in [3.63, 3.8) is 0 Å². The van der Waals surface area contributed by atoms with Gasteiger partial charge in [0.15, 0.2) is 0 Å². The molecule has 0 heterocycles. The maximum Gasteiger partial charge on any atom is 0.131 e. The zero-order chi connectivity index (χ0) is 10.5. The quantitative estimate of drug-likeness (QED) is 0.652. The number of rotatable bonds is 1. The van der Waals surface area contributed by atoms with Crippen LogP contribution in [0.15, 0.2) is 36.4 Å². The Morgan fingerprint density at radius 2 is 1.67 bits per heavy atom. The van der Waals surface area contributed by atoms with Gasteiger partial charge in [-0.2, -0.15) is 0 Å². The first-order valence-electron chi connectivity index (χ1n) is 5.38. The predicted octanol–water partition coefficient (Wildman–Crippen LogP) is 4.03. The van der Waals surface area contributed by atoms with Crippen LogP contribution >= 0.6 is 0 Å². The van der Waals surface area contributed by atoms with Crippen molar-refractivity contribution in [1.29, 1.82) is 0 Å². The highest BCUT2D eigenvalue weighted by molar-refractivity contribution is 5.87. The molecular formula is C14H13F. The summed E-state index contributed by atoms with van der Waals surface area (Å²) in [6.07, 6.45) is 2.45. The molecule has 0 nitrogen and oxygen atoms in total. The van der Waals surface area contributed by atoms with Gasteiger partial charge >= 0.3 is 0 Å². The van der Waals surface area contributed by atoms with E-state index in [0.29, 0.717) is 5.41 Å². The third-order valence-corrected chi connectivity index (χ3v) is 3.52. The summed E-state index contributed by atoms with van der Waals surface area (Å²) in [5.41, 5.74) is 1.60. The zero-order valence-electron chi connectivity index (χ0n) is 8.76. The minimum absolute atomic E-state index is 0.112. The van der Waals surface area contributed by atoms with Crippen molar-refractivity contribution in [2.45, 2.75) is 25.2 Å². The Kier molecular flexibility index (Phi) is 1.67. The van der Waals surface area contributed by atoms with Gasteiger partial charge in [0.1, 0.15) is 5.82 Å². The normalized spacial score (nSPS) is 18.0. The first-order chi connectivity index (χ1) is 7.21. The molecule has 0 aromatic heterocycles. The Bertz CT molecular complexity index is 524. The van der Waals surface area contributed by atoms with Crippen LogP contribution in [0.5, 0.6) is 0 Å². The van der Waals surface area contributed by atoms with Crippen LogP contribution in [-0.4, -0.2) is 0 Å². The fraction of sp³-hybridized carbons (Fsp3) is 0.286. The molecule has 1 saturated carbocycles. The van der Waals surface area contributed by atoms with Gasteiger partial charge < -0.3 is 0 Å². The summed E-state index contributed by atoms with van der Waals surface area (Å²) in [6, 6.07) is 11.3. The zero-order valence-corrected chi connectivity index (χ0v) is 8.76. The molecule has 76 valence electrons. The standard InChI is InChI=1S/C14H13F/c1-14(8-9-14)12-6-7-13(15)11-5-3-2-4-10(11)12/h2-7H,8-9H2,1H3. The van der Waals surface area contributed by atoms with E-state index in [9.17, 15) is 4.39 Å². The lowest BCUT2D eigenvalue weighted by atomic mass is 9.92. The third kappa shape index (κ3) is 1.26. The second-order valence-corrected chi connectivity index (χ2v) is 4.70. The first kappa shape index (κ1) is 8.90. The van der Waals surface area contributed by atoms with E-state index in [1.165, 1.54) is 18.4 Å². The molecular weight excluding hydrogens is 187 g/mol. The third-order valence-electron chi connectivity index (χ3n) is 3.52. The highest BCUT2D eigenvalue weighted by Crippen LogP contribution is 2.49. The average Bonchev–Trinajstić information content (AvgIpc) is 2.98.